The maximum atomic E-state index is 5.95. The summed E-state index contributed by atoms with van der Waals surface area (Å²) in [7, 11) is 0. The van der Waals surface area contributed by atoms with Crippen LogP contribution in [0.1, 0.15) is 25.3 Å². The summed E-state index contributed by atoms with van der Waals surface area (Å²) in [5.74, 6) is 0.443. The highest BCUT2D eigenvalue weighted by molar-refractivity contribution is 6.31. The molecule has 1 aromatic heterocycles. The van der Waals surface area contributed by atoms with E-state index in [1.54, 1.807) is 6.20 Å². The van der Waals surface area contributed by atoms with E-state index in [-0.39, 0.29) is 0 Å². The minimum atomic E-state index is 0.443. The van der Waals surface area contributed by atoms with Gasteiger partial charge >= 0.3 is 0 Å². The van der Waals surface area contributed by atoms with Gasteiger partial charge in [0.05, 0.1) is 5.52 Å². The van der Waals surface area contributed by atoms with Gasteiger partial charge in [-0.25, -0.2) is 0 Å². The molecule has 2 rings (SSSR count). The summed E-state index contributed by atoms with van der Waals surface area (Å²) in [6.45, 7) is 4.29. The first kappa shape index (κ1) is 9.47. The first-order valence-electron chi connectivity index (χ1n) is 4.64. The second-order valence-electron chi connectivity index (χ2n) is 3.63. The van der Waals surface area contributed by atoms with Gasteiger partial charge in [-0.15, -0.1) is 0 Å². The molecule has 0 spiro atoms. The molecule has 0 saturated heterocycles. The molecular weight excluding hydrogens is 194 g/mol. The van der Waals surface area contributed by atoms with Crippen LogP contribution in [0.2, 0.25) is 5.02 Å². The average Bonchev–Trinajstić information content (AvgIpc) is 2.16. The van der Waals surface area contributed by atoms with Gasteiger partial charge in [0.15, 0.2) is 0 Å². The fourth-order valence-corrected chi connectivity index (χ4v) is 1.74. The Hall–Kier alpha value is -1.08. The molecule has 0 aliphatic heterocycles. The SMILES string of the molecule is CC(C)c1[c]cnc2ccc(Cl)cc12. The predicted octanol–water partition coefficient (Wildman–Crippen LogP) is 3.81. The summed E-state index contributed by atoms with van der Waals surface area (Å²) >= 11 is 5.95. The number of nitrogens with zero attached hydrogens (tertiary/aromatic N) is 1. The van der Waals surface area contributed by atoms with Crippen LogP contribution < -0.4 is 0 Å². The summed E-state index contributed by atoms with van der Waals surface area (Å²) in [6, 6.07) is 8.93. The van der Waals surface area contributed by atoms with E-state index in [1.807, 2.05) is 18.2 Å². The Morgan fingerprint density at radius 3 is 2.86 bits per heavy atom. The van der Waals surface area contributed by atoms with E-state index < -0.39 is 0 Å². The molecule has 0 saturated carbocycles. The number of fused-ring (bicyclic) bond motifs is 1. The predicted molar refractivity (Wildman–Crippen MR) is 59.7 cm³/mol. The molecule has 71 valence electrons. The van der Waals surface area contributed by atoms with Crippen molar-refractivity contribution in [1.82, 2.24) is 4.98 Å². The molecule has 1 nitrogen and oxygen atoms in total. The molecular formula is C12H11ClN. The maximum Gasteiger partial charge on any atom is 0.0706 e. The van der Waals surface area contributed by atoms with Gasteiger partial charge in [0.1, 0.15) is 0 Å². The van der Waals surface area contributed by atoms with Crippen LogP contribution in [0.15, 0.2) is 24.4 Å². The van der Waals surface area contributed by atoms with Crippen molar-refractivity contribution in [2.45, 2.75) is 19.8 Å². The highest BCUT2D eigenvalue weighted by Crippen LogP contribution is 2.25. The van der Waals surface area contributed by atoms with E-state index in [4.69, 9.17) is 11.6 Å². The summed E-state index contributed by atoms with van der Waals surface area (Å²) in [4.78, 5) is 4.25. The molecule has 2 heteroatoms. The number of aromatic nitrogens is 1. The van der Waals surface area contributed by atoms with Gasteiger partial charge in [0.25, 0.3) is 0 Å². The Morgan fingerprint density at radius 1 is 1.36 bits per heavy atom. The summed E-state index contributed by atoms with van der Waals surface area (Å²) < 4.78 is 0. The van der Waals surface area contributed by atoms with Gasteiger partial charge in [-0.3, -0.25) is 4.98 Å². The van der Waals surface area contributed by atoms with Crippen molar-refractivity contribution in [2.24, 2.45) is 0 Å². The Morgan fingerprint density at radius 2 is 2.14 bits per heavy atom. The molecule has 2 aromatic rings. The van der Waals surface area contributed by atoms with Crippen molar-refractivity contribution in [1.29, 1.82) is 0 Å². The quantitative estimate of drug-likeness (QED) is 0.689. The normalized spacial score (nSPS) is 11.1. The molecule has 0 atom stereocenters. The lowest BCUT2D eigenvalue weighted by molar-refractivity contribution is 0.872. The molecule has 1 heterocycles. The van der Waals surface area contributed by atoms with Crippen LogP contribution in [-0.2, 0) is 0 Å². The van der Waals surface area contributed by atoms with E-state index in [0.29, 0.717) is 5.92 Å². The number of rotatable bonds is 1. The van der Waals surface area contributed by atoms with Crippen LogP contribution in [-0.4, -0.2) is 4.98 Å². The summed E-state index contributed by atoms with van der Waals surface area (Å²) in [5.41, 5.74) is 2.16. The fourth-order valence-electron chi connectivity index (χ4n) is 1.56. The maximum absolute atomic E-state index is 5.95. The molecule has 0 aliphatic carbocycles. The van der Waals surface area contributed by atoms with Crippen LogP contribution in [0.3, 0.4) is 0 Å². The lowest BCUT2D eigenvalue weighted by atomic mass is 9.99. The molecule has 0 unspecified atom stereocenters. The Kier molecular flexibility index (Phi) is 2.42. The van der Waals surface area contributed by atoms with Gasteiger partial charge in [0, 0.05) is 22.7 Å². The molecule has 0 aliphatic rings. The Balaban J connectivity index is 2.77. The summed E-state index contributed by atoms with van der Waals surface area (Å²) in [6.07, 6.45) is 1.73. The van der Waals surface area contributed by atoms with Crippen LogP contribution in [0, 0.1) is 6.07 Å². The average molecular weight is 205 g/mol. The van der Waals surface area contributed by atoms with Crippen LogP contribution in [0.4, 0.5) is 0 Å². The highest BCUT2D eigenvalue weighted by atomic mass is 35.5. The van der Waals surface area contributed by atoms with Crippen molar-refractivity contribution in [3.05, 3.63) is 41.0 Å². The van der Waals surface area contributed by atoms with Crippen molar-refractivity contribution in [2.75, 3.05) is 0 Å². The van der Waals surface area contributed by atoms with E-state index in [1.165, 1.54) is 5.56 Å². The van der Waals surface area contributed by atoms with Crippen molar-refractivity contribution in [3.63, 3.8) is 0 Å². The van der Waals surface area contributed by atoms with Crippen LogP contribution in [0.25, 0.3) is 10.9 Å². The lowest BCUT2D eigenvalue weighted by Gasteiger charge is -2.08. The zero-order chi connectivity index (χ0) is 10.1. The van der Waals surface area contributed by atoms with Crippen LogP contribution >= 0.6 is 11.6 Å². The molecule has 0 N–H and O–H groups in total. The molecule has 14 heavy (non-hydrogen) atoms. The number of halogens is 1. The monoisotopic (exact) mass is 204 g/mol. The molecule has 0 fully saturated rings. The largest absolute Gasteiger partial charge is 0.256 e. The number of benzene rings is 1. The first-order valence-corrected chi connectivity index (χ1v) is 5.02. The standard InChI is InChI=1S/C12H11ClN/c1-8(2)10-5-6-14-12-4-3-9(13)7-11(10)12/h3-4,6-8H,1-2H3. The second-order valence-corrected chi connectivity index (χ2v) is 4.07. The minimum absolute atomic E-state index is 0.443. The topological polar surface area (TPSA) is 12.9 Å². The van der Waals surface area contributed by atoms with Crippen molar-refractivity contribution < 1.29 is 0 Å². The third-order valence-corrected chi connectivity index (χ3v) is 2.48. The van der Waals surface area contributed by atoms with Gasteiger partial charge in [-0.05, 0) is 29.7 Å². The molecule has 0 amide bonds. The number of hydrogen-bond donors (Lipinski definition) is 0. The molecule has 0 bridgehead atoms. The minimum Gasteiger partial charge on any atom is -0.256 e. The number of pyridine rings is 1. The van der Waals surface area contributed by atoms with Gasteiger partial charge in [0.2, 0.25) is 0 Å². The third kappa shape index (κ3) is 1.60. The van der Waals surface area contributed by atoms with Gasteiger partial charge in [-0.2, -0.15) is 0 Å². The Labute approximate surface area is 88.7 Å². The van der Waals surface area contributed by atoms with E-state index in [9.17, 15) is 0 Å². The van der Waals surface area contributed by atoms with E-state index in [0.717, 1.165) is 15.9 Å². The van der Waals surface area contributed by atoms with Gasteiger partial charge in [-0.1, -0.05) is 25.4 Å². The lowest BCUT2D eigenvalue weighted by Crippen LogP contribution is -1.91. The zero-order valence-corrected chi connectivity index (χ0v) is 8.97. The van der Waals surface area contributed by atoms with Gasteiger partial charge < -0.3 is 0 Å². The van der Waals surface area contributed by atoms with E-state index in [2.05, 4.69) is 24.9 Å². The van der Waals surface area contributed by atoms with Crippen molar-refractivity contribution in [3.8, 4) is 0 Å². The zero-order valence-electron chi connectivity index (χ0n) is 8.21. The molecule has 1 aromatic carbocycles. The summed E-state index contributed by atoms with van der Waals surface area (Å²) in [5, 5.41) is 1.86. The third-order valence-electron chi connectivity index (χ3n) is 2.25. The smallest absolute Gasteiger partial charge is 0.0706 e. The van der Waals surface area contributed by atoms with Crippen molar-refractivity contribution >= 4 is 22.5 Å². The molecule has 1 radical (unpaired) electrons. The Bertz CT molecular complexity index is 463. The van der Waals surface area contributed by atoms with E-state index >= 15 is 0 Å². The highest BCUT2D eigenvalue weighted by Gasteiger charge is 2.05. The second kappa shape index (κ2) is 3.58. The fraction of sp³-hybridized carbons (Fsp3) is 0.250. The van der Waals surface area contributed by atoms with Crippen LogP contribution in [0.5, 0.6) is 0 Å². The number of hydrogen-bond acceptors (Lipinski definition) is 1. The first-order chi connectivity index (χ1) is 6.68.